The summed E-state index contributed by atoms with van der Waals surface area (Å²) in [5.74, 6) is 0.808. The van der Waals surface area contributed by atoms with Gasteiger partial charge in [-0.15, -0.1) is 24.0 Å². The number of guanidine groups is 1. The van der Waals surface area contributed by atoms with Crippen LogP contribution >= 0.6 is 24.0 Å². The maximum atomic E-state index is 5.16. The Hall–Kier alpha value is -1.61. The third-order valence-electron chi connectivity index (χ3n) is 3.40. The van der Waals surface area contributed by atoms with E-state index in [-0.39, 0.29) is 24.0 Å². The average Bonchev–Trinajstić information content (AvgIpc) is 3.08. The Morgan fingerprint density at radius 3 is 2.79 bits per heavy atom. The fourth-order valence-corrected chi connectivity index (χ4v) is 2.28. The van der Waals surface area contributed by atoms with Crippen LogP contribution in [0.3, 0.4) is 0 Å². The molecular formula is C17H26IN5O. The first-order valence-electron chi connectivity index (χ1n) is 7.80. The highest BCUT2D eigenvalue weighted by Crippen LogP contribution is 2.06. The molecule has 0 saturated heterocycles. The third kappa shape index (κ3) is 7.31. The number of rotatable bonds is 8. The molecule has 6 nitrogen and oxygen atoms in total. The van der Waals surface area contributed by atoms with Crippen molar-refractivity contribution in [2.75, 3.05) is 20.7 Å². The molecule has 2 rings (SSSR count). The Kier molecular flexibility index (Phi) is 10.1. The predicted molar refractivity (Wildman–Crippen MR) is 108 cm³/mol. The Bertz CT molecular complexity index is 601. The molecule has 0 radical (unpaired) electrons. The van der Waals surface area contributed by atoms with Gasteiger partial charge in [-0.1, -0.05) is 24.3 Å². The molecule has 0 aliphatic heterocycles. The van der Waals surface area contributed by atoms with Gasteiger partial charge in [-0.25, -0.2) is 0 Å². The number of benzene rings is 1. The molecule has 2 aromatic rings. The van der Waals surface area contributed by atoms with Crippen LogP contribution in [0.15, 0.2) is 47.7 Å². The minimum Gasteiger partial charge on any atom is -0.380 e. The van der Waals surface area contributed by atoms with E-state index in [0.29, 0.717) is 6.61 Å². The van der Waals surface area contributed by atoms with E-state index < -0.39 is 0 Å². The van der Waals surface area contributed by atoms with E-state index in [1.54, 1.807) is 20.4 Å². The van der Waals surface area contributed by atoms with E-state index in [4.69, 9.17) is 4.74 Å². The lowest BCUT2D eigenvalue weighted by molar-refractivity contribution is 0.185. The number of methoxy groups -OCH3 is 1. The molecule has 1 heterocycles. The number of aryl methyl sites for hydroxylation is 1. The van der Waals surface area contributed by atoms with Crippen LogP contribution in [0, 0.1) is 0 Å². The highest BCUT2D eigenvalue weighted by molar-refractivity contribution is 14.0. The van der Waals surface area contributed by atoms with Crippen molar-refractivity contribution in [2.45, 2.75) is 26.1 Å². The molecule has 0 saturated carbocycles. The first-order chi connectivity index (χ1) is 11.3. The van der Waals surface area contributed by atoms with Gasteiger partial charge in [-0.05, 0) is 23.6 Å². The number of halogens is 1. The maximum Gasteiger partial charge on any atom is 0.191 e. The van der Waals surface area contributed by atoms with Gasteiger partial charge in [0.05, 0.1) is 6.61 Å². The summed E-state index contributed by atoms with van der Waals surface area (Å²) in [5.41, 5.74) is 2.38. The lowest BCUT2D eigenvalue weighted by Crippen LogP contribution is -2.37. The molecule has 7 heteroatoms. The van der Waals surface area contributed by atoms with Gasteiger partial charge in [0.25, 0.3) is 0 Å². The molecular weight excluding hydrogens is 417 g/mol. The minimum absolute atomic E-state index is 0. The highest BCUT2D eigenvalue weighted by atomic mass is 127. The van der Waals surface area contributed by atoms with E-state index in [1.165, 1.54) is 11.1 Å². The standard InChI is InChI=1S/C17H25N5O.HI/c1-18-17(19-8-4-10-22-11-5-9-21-22)20-13-15-6-3-7-16(12-15)14-23-2;/h3,5-7,9,11-12H,4,8,10,13-14H2,1-2H3,(H2,18,19,20);1H. The van der Waals surface area contributed by atoms with Crippen LogP contribution in [0.1, 0.15) is 17.5 Å². The van der Waals surface area contributed by atoms with E-state index in [1.807, 2.05) is 23.0 Å². The Balaban J connectivity index is 0.00000288. The zero-order valence-electron chi connectivity index (χ0n) is 14.2. The van der Waals surface area contributed by atoms with Crippen LogP contribution in [0.5, 0.6) is 0 Å². The van der Waals surface area contributed by atoms with Crippen LogP contribution in [-0.2, 0) is 24.4 Å². The highest BCUT2D eigenvalue weighted by Gasteiger charge is 2.00. The molecule has 0 spiro atoms. The van der Waals surface area contributed by atoms with Gasteiger partial charge < -0.3 is 15.4 Å². The number of hydrogen-bond donors (Lipinski definition) is 2. The molecule has 24 heavy (non-hydrogen) atoms. The van der Waals surface area contributed by atoms with E-state index in [0.717, 1.165) is 32.0 Å². The smallest absolute Gasteiger partial charge is 0.191 e. The fourth-order valence-electron chi connectivity index (χ4n) is 2.28. The predicted octanol–water partition coefficient (Wildman–Crippen LogP) is 2.40. The first-order valence-corrected chi connectivity index (χ1v) is 7.80. The van der Waals surface area contributed by atoms with Crippen LogP contribution < -0.4 is 10.6 Å². The summed E-state index contributed by atoms with van der Waals surface area (Å²) in [6, 6.07) is 10.3. The number of aromatic nitrogens is 2. The number of nitrogens with zero attached hydrogens (tertiary/aromatic N) is 3. The van der Waals surface area contributed by atoms with Crippen LogP contribution in [-0.4, -0.2) is 36.4 Å². The van der Waals surface area contributed by atoms with Crippen molar-refractivity contribution >= 4 is 29.9 Å². The summed E-state index contributed by atoms with van der Waals surface area (Å²) in [6.45, 7) is 3.12. The van der Waals surface area contributed by atoms with Gasteiger partial charge >= 0.3 is 0 Å². The SMILES string of the molecule is CN=C(NCCCn1cccn1)NCc1cccc(COC)c1.I. The zero-order valence-corrected chi connectivity index (χ0v) is 16.6. The summed E-state index contributed by atoms with van der Waals surface area (Å²) in [7, 11) is 3.49. The monoisotopic (exact) mass is 443 g/mol. The maximum absolute atomic E-state index is 5.16. The molecule has 1 aromatic heterocycles. The average molecular weight is 443 g/mol. The van der Waals surface area contributed by atoms with E-state index >= 15 is 0 Å². The zero-order chi connectivity index (χ0) is 16.3. The van der Waals surface area contributed by atoms with Crippen molar-refractivity contribution < 1.29 is 4.74 Å². The quantitative estimate of drug-likeness (QED) is 0.285. The van der Waals surface area contributed by atoms with Gasteiger partial charge in [0, 0.05) is 46.2 Å². The van der Waals surface area contributed by atoms with Crippen molar-refractivity contribution in [3.63, 3.8) is 0 Å². The van der Waals surface area contributed by atoms with Crippen LogP contribution in [0.25, 0.3) is 0 Å². The summed E-state index contributed by atoms with van der Waals surface area (Å²) in [6.07, 6.45) is 4.76. The molecule has 2 N–H and O–H groups in total. The summed E-state index contributed by atoms with van der Waals surface area (Å²) in [4.78, 5) is 4.24. The molecule has 0 bridgehead atoms. The summed E-state index contributed by atoms with van der Waals surface area (Å²) < 4.78 is 7.09. The van der Waals surface area contributed by atoms with Crippen LogP contribution in [0.2, 0.25) is 0 Å². The number of nitrogens with one attached hydrogen (secondary N) is 2. The molecule has 0 aliphatic carbocycles. The largest absolute Gasteiger partial charge is 0.380 e. The molecule has 1 aromatic carbocycles. The lowest BCUT2D eigenvalue weighted by Gasteiger charge is -2.12. The van der Waals surface area contributed by atoms with Crippen molar-refractivity contribution in [1.82, 2.24) is 20.4 Å². The molecule has 0 amide bonds. The second kappa shape index (κ2) is 11.9. The third-order valence-corrected chi connectivity index (χ3v) is 3.40. The first kappa shape index (κ1) is 20.4. The normalized spacial score (nSPS) is 11.0. The molecule has 0 atom stereocenters. The van der Waals surface area contributed by atoms with Crippen molar-refractivity contribution in [3.05, 3.63) is 53.9 Å². The molecule has 0 fully saturated rings. The molecule has 0 aliphatic rings. The Morgan fingerprint density at radius 2 is 2.08 bits per heavy atom. The van der Waals surface area contributed by atoms with E-state index in [2.05, 4.69) is 38.9 Å². The minimum atomic E-state index is 0. The van der Waals surface area contributed by atoms with Crippen LogP contribution in [0.4, 0.5) is 0 Å². The summed E-state index contributed by atoms with van der Waals surface area (Å²) >= 11 is 0. The Morgan fingerprint density at radius 1 is 1.25 bits per heavy atom. The van der Waals surface area contributed by atoms with Crippen molar-refractivity contribution in [2.24, 2.45) is 4.99 Å². The van der Waals surface area contributed by atoms with Gasteiger partial charge in [0.15, 0.2) is 5.96 Å². The second-order valence-electron chi connectivity index (χ2n) is 5.23. The molecule has 132 valence electrons. The van der Waals surface area contributed by atoms with Crippen molar-refractivity contribution in [1.29, 1.82) is 0 Å². The fraction of sp³-hybridized carbons (Fsp3) is 0.412. The van der Waals surface area contributed by atoms with E-state index in [9.17, 15) is 0 Å². The number of ether oxygens (including phenoxy) is 1. The topological polar surface area (TPSA) is 63.5 Å². The van der Waals surface area contributed by atoms with Gasteiger partial charge in [0.2, 0.25) is 0 Å². The second-order valence-corrected chi connectivity index (χ2v) is 5.23. The van der Waals surface area contributed by atoms with Gasteiger partial charge in [-0.2, -0.15) is 5.10 Å². The Labute approximate surface area is 160 Å². The number of aliphatic imine (C=N–C) groups is 1. The van der Waals surface area contributed by atoms with Gasteiger partial charge in [-0.3, -0.25) is 9.67 Å². The number of hydrogen-bond acceptors (Lipinski definition) is 3. The summed E-state index contributed by atoms with van der Waals surface area (Å²) in [5, 5.41) is 10.8. The van der Waals surface area contributed by atoms with Gasteiger partial charge in [0.1, 0.15) is 0 Å². The van der Waals surface area contributed by atoms with Crippen molar-refractivity contribution in [3.8, 4) is 0 Å². The molecule has 0 unspecified atom stereocenters. The lowest BCUT2D eigenvalue weighted by atomic mass is 10.1.